The van der Waals surface area contributed by atoms with Gasteiger partial charge in [0, 0.05) is 28.4 Å². The van der Waals surface area contributed by atoms with Gasteiger partial charge < -0.3 is 28.3 Å². The summed E-state index contributed by atoms with van der Waals surface area (Å²) in [6, 6.07) is 2.07. The predicted molar refractivity (Wildman–Crippen MR) is 114 cm³/mol. The van der Waals surface area contributed by atoms with Crippen LogP contribution in [0.15, 0.2) is 0 Å². The number of unbranched alkanes of at least 4 members (excludes halogenated alkanes) is 3. The highest BCUT2D eigenvalue weighted by Gasteiger charge is 2.29. The molecule has 0 saturated carbocycles. The Balaban J connectivity index is 4.36. The van der Waals surface area contributed by atoms with Crippen LogP contribution in [0, 0.1) is 0 Å². The first-order chi connectivity index (χ1) is 12.4. The van der Waals surface area contributed by atoms with Crippen molar-refractivity contribution in [1.82, 2.24) is 4.90 Å². The van der Waals surface area contributed by atoms with Crippen molar-refractivity contribution < 1.29 is 17.7 Å². The molecule has 0 saturated heterocycles. The van der Waals surface area contributed by atoms with E-state index in [0.29, 0.717) is 0 Å². The fourth-order valence-electron chi connectivity index (χ4n) is 2.99. The van der Waals surface area contributed by atoms with Crippen molar-refractivity contribution in [3.05, 3.63) is 0 Å². The van der Waals surface area contributed by atoms with Crippen LogP contribution in [0.1, 0.15) is 38.5 Å². The molecule has 0 fully saturated rings. The van der Waals surface area contributed by atoms with Crippen molar-refractivity contribution in [2.45, 2.75) is 63.7 Å². The summed E-state index contributed by atoms with van der Waals surface area (Å²) >= 11 is 0. The molecule has 0 aromatic rings. The molecule has 158 valence electrons. The van der Waals surface area contributed by atoms with Crippen molar-refractivity contribution in [2.24, 2.45) is 5.73 Å². The first kappa shape index (κ1) is 26.2. The second-order valence-electron chi connectivity index (χ2n) is 7.34. The number of rotatable bonds is 18. The van der Waals surface area contributed by atoms with E-state index in [1.54, 1.807) is 28.4 Å². The highest BCUT2D eigenvalue weighted by molar-refractivity contribution is 6.66. The normalized spacial score (nSPS) is 12.9. The van der Waals surface area contributed by atoms with Crippen LogP contribution in [0.2, 0.25) is 25.2 Å². The minimum atomic E-state index is -1.96. The predicted octanol–water partition coefficient (Wildman–Crippen LogP) is 3.32. The van der Waals surface area contributed by atoms with Crippen LogP contribution in [-0.2, 0) is 17.7 Å². The van der Waals surface area contributed by atoms with Gasteiger partial charge in [-0.2, -0.15) is 0 Å². The molecule has 0 aliphatic rings. The molecule has 6 nitrogen and oxygen atoms in total. The quantitative estimate of drug-likeness (QED) is 0.277. The Morgan fingerprint density at radius 3 is 1.38 bits per heavy atom. The molecule has 0 aromatic carbocycles. The van der Waals surface area contributed by atoms with Gasteiger partial charge in [0.2, 0.25) is 0 Å². The van der Waals surface area contributed by atoms with Crippen LogP contribution in [0.25, 0.3) is 0 Å². The maximum Gasteiger partial charge on any atom is 0.334 e. The Hall–Kier alpha value is 0.194. The summed E-state index contributed by atoms with van der Waals surface area (Å²) in [6.45, 7) is 8.44. The number of nitrogens with two attached hydrogens (primary N) is 1. The molecular weight excluding hydrogens is 364 g/mol. The Kier molecular flexibility index (Phi) is 15.3. The summed E-state index contributed by atoms with van der Waals surface area (Å²) < 4.78 is 22.4. The number of hydrogen-bond donors (Lipinski definition) is 1. The van der Waals surface area contributed by atoms with Crippen LogP contribution in [-0.4, -0.2) is 76.6 Å². The minimum Gasteiger partial charge on any atom is -0.398 e. The lowest BCUT2D eigenvalue weighted by Gasteiger charge is -2.28. The molecular formula is C18H44N2O4Si2. The van der Waals surface area contributed by atoms with Crippen LogP contribution >= 0.6 is 0 Å². The lowest BCUT2D eigenvalue weighted by atomic mass is 10.2. The lowest BCUT2D eigenvalue weighted by molar-refractivity contribution is 0.229. The summed E-state index contributed by atoms with van der Waals surface area (Å²) in [5, 5.41) is 0. The Bertz CT molecular complexity index is 306. The molecule has 26 heavy (non-hydrogen) atoms. The van der Waals surface area contributed by atoms with E-state index in [4.69, 9.17) is 23.4 Å². The lowest BCUT2D eigenvalue weighted by Crippen LogP contribution is -2.38. The van der Waals surface area contributed by atoms with Gasteiger partial charge in [-0.25, -0.2) is 0 Å². The molecule has 0 heterocycles. The zero-order valence-corrected chi connectivity index (χ0v) is 20.1. The molecule has 0 spiro atoms. The van der Waals surface area contributed by atoms with Gasteiger partial charge in [0.25, 0.3) is 0 Å². The molecule has 0 atom stereocenters. The molecule has 0 aliphatic carbocycles. The minimum absolute atomic E-state index is 0.804. The van der Waals surface area contributed by atoms with Crippen molar-refractivity contribution >= 4 is 17.1 Å². The number of hydrogen-bond acceptors (Lipinski definition) is 6. The molecule has 0 aromatic heterocycles. The SMILES string of the molecule is CO[Si](C)(CCCN(CCCCCCN)CCC[Si](C)(OC)OC)OC. The maximum atomic E-state index is 5.61. The van der Waals surface area contributed by atoms with Gasteiger partial charge in [-0.05, 0) is 77.0 Å². The van der Waals surface area contributed by atoms with Crippen LogP contribution in [0.4, 0.5) is 0 Å². The first-order valence-corrected chi connectivity index (χ1v) is 15.1. The van der Waals surface area contributed by atoms with E-state index in [1.165, 1.54) is 19.3 Å². The average molecular weight is 409 g/mol. The summed E-state index contributed by atoms with van der Waals surface area (Å²) in [5.41, 5.74) is 5.59. The van der Waals surface area contributed by atoms with Gasteiger partial charge in [0.1, 0.15) is 0 Å². The Morgan fingerprint density at radius 1 is 0.615 bits per heavy atom. The largest absolute Gasteiger partial charge is 0.398 e. The third-order valence-corrected chi connectivity index (χ3v) is 11.3. The second-order valence-corrected chi connectivity index (χ2v) is 14.5. The Labute approximate surface area is 164 Å². The summed E-state index contributed by atoms with van der Waals surface area (Å²) in [6.07, 6.45) is 7.12. The van der Waals surface area contributed by atoms with Crippen LogP contribution in [0.5, 0.6) is 0 Å². The fraction of sp³-hybridized carbons (Fsp3) is 1.00. The standard InChI is InChI=1S/C18H44N2O4Si2/c1-21-25(5,22-2)17-11-15-20(14-10-8-7-9-13-19)16-12-18-26(6,23-3)24-4/h7-19H2,1-6H3. The van der Waals surface area contributed by atoms with E-state index in [0.717, 1.165) is 57.5 Å². The maximum absolute atomic E-state index is 5.61. The van der Waals surface area contributed by atoms with E-state index in [-0.39, 0.29) is 0 Å². The molecule has 8 heteroatoms. The van der Waals surface area contributed by atoms with Crippen molar-refractivity contribution in [3.63, 3.8) is 0 Å². The summed E-state index contributed by atoms with van der Waals surface area (Å²) in [7, 11) is 3.16. The zero-order valence-electron chi connectivity index (χ0n) is 18.1. The molecule has 0 radical (unpaired) electrons. The third-order valence-electron chi connectivity index (χ3n) is 5.37. The van der Waals surface area contributed by atoms with Crippen LogP contribution in [0.3, 0.4) is 0 Å². The summed E-state index contributed by atoms with van der Waals surface area (Å²) in [5.74, 6) is 0. The molecule has 0 aliphatic heterocycles. The molecule has 2 N–H and O–H groups in total. The van der Waals surface area contributed by atoms with E-state index >= 15 is 0 Å². The van der Waals surface area contributed by atoms with Gasteiger partial charge in [-0.3, -0.25) is 0 Å². The smallest absolute Gasteiger partial charge is 0.334 e. The van der Waals surface area contributed by atoms with Crippen molar-refractivity contribution in [2.75, 3.05) is 54.6 Å². The van der Waals surface area contributed by atoms with Gasteiger partial charge in [0.15, 0.2) is 0 Å². The van der Waals surface area contributed by atoms with Gasteiger partial charge in [-0.1, -0.05) is 12.8 Å². The monoisotopic (exact) mass is 408 g/mol. The highest BCUT2D eigenvalue weighted by atomic mass is 28.4. The van der Waals surface area contributed by atoms with E-state index in [9.17, 15) is 0 Å². The topological polar surface area (TPSA) is 66.2 Å². The average Bonchev–Trinajstić information content (AvgIpc) is 2.66. The zero-order chi connectivity index (χ0) is 19.9. The van der Waals surface area contributed by atoms with Crippen molar-refractivity contribution in [3.8, 4) is 0 Å². The van der Waals surface area contributed by atoms with Gasteiger partial charge >= 0.3 is 17.1 Å². The fourth-order valence-corrected chi connectivity index (χ4v) is 5.74. The van der Waals surface area contributed by atoms with E-state index in [1.807, 2.05) is 0 Å². The van der Waals surface area contributed by atoms with Crippen molar-refractivity contribution in [1.29, 1.82) is 0 Å². The number of nitrogens with zero attached hydrogens (tertiary/aromatic N) is 1. The Morgan fingerprint density at radius 2 is 1.00 bits per heavy atom. The van der Waals surface area contributed by atoms with Crippen LogP contribution < -0.4 is 5.73 Å². The highest BCUT2D eigenvalue weighted by Crippen LogP contribution is 2.17. The molecule has 0 unspecified atom stereocenters. The van der Waals surface area contributed by atoms with Gasteiger partial charge in [0.05, 0.1) is 0 Å². The second kappa shape index (κ2) is 15.2. The summed E-state index contributed by atoms with van der Waals surface area (Å²) in [4.78, 5) is 2.59. The first-order valence-electron chi connectivity index (χ1n) is 10.0. The molecule has 0 bridgehead atoms. The van der Waals surface area contributed by atoms with E-state index < -0.39 is 17.1 Å². The van der Waals surface area contributed by atoms with Gasteiger partial charge in [-0.15, -0.1) is 0 Å². The van der Waals surface area contributed by atoms with E-state index in [2.05, 4.69) is 18.0 Å². The molecule has 0 rings (SSSR count). The third kappa shape index (κ3) is 11.8. The molecule has 0 amide bonds.